The Morgan fingerprint density at radius 2 is 1.73 bits per heavy atom. The molecule has 0 aromatic rings. The van der Waals surface area contributed by atoms with Crippen LogP contribution >= 0.6 is 0 Å². The van der Waals surface area contributed by atoms with Gasteiger partial charge in [0.05, 0.1) is 6.10 Å². The molecule has 0 fully saturated rings. The second kappa shape index (κ2) is 6.62. The molecule has 0 aliphatic carbocycles. The van der Waals surface area contributed by atoms with Crippen LogP contribution in [0.5, 0.6) is 0 Å². The summed E-state index contributed by atoms with van der Waals surface area (Å²) in [7, 11) is 0. The predicted molar refractivity (Wildman–Crippen MR) is 62.4 cm³/mol. The van der Waals surface area contributed by atoms with Crippen molar-refractivity contribution in [2.45, 2.75) is 40.7 Å². The number of carbonyl (C=O) groups excluding carboxylic acids is 1. The van der Waals surface area contributed by atoms with Crippen LogP contribution in [0.2, 0.25) is 0 Å². The molecule has 0 saturated heterocycles. The molecule has 0 amide bonds. The maximum Gasteiger partial charge on any atom is 0.159 e. The molecule has 0 bridgehead atoms. The number of allylic oxidation sites excluding steroid dienone is 2. The van der Waals surface area contributed by atoms with E-state index < -0.39 is 6.10 Å². The van der Waals surface area contributed by atoms with Crippen molar-refractivity contribution < 1.29 is 9.90 Å². The van der Waals surface area contributed by atoms with Crippen molar-refractivity contribution in [2.24, 2.45) is 11.8 Å². The van der Waals surface area contributed by atoms with E-state index in [2.05, 4.69) is 5.32 Å². The van der Waals surface area contributed by atoms with Gasteiger partial charge in [0.25, 0.3) is 0 Å². The first-order valence-electron chi connectivity index (χ1n) is 5.52. The van der Waals surface area contributed by atoms with Gasteiger partial charge in [0, 0.05) is 24.2 Å². The van der Waals surface area contributed by atoms with Crippen LogP contribution in [-0.4, -0.2) is 23.5 Å². The van der Waals surface area contributed by atoms with Gasteiger partial charge in [-0.1, -0.05) is 27.7 Å². The van der Waals surface area contributed by atoms with Crippen LogP contribution in [-0.2, 0) is 4.79 Å². The highest BCUT2D eigenvalue weighted by molar-refractivity contribution is 5.91. The fraction of sp³-hybridized carbons (Fsp3) is 0.750. The minimum atomic E-state index is -0.402. The molecule has 15 heavy (non-hydrogen) atoms. The third-order valence-electron chi connectivity index (χ3n) is 2.09. The quantitative estimate of drug-likeness (QED) is 0.661. The van der Waals surface area contributed by atoms with Crippen molar-refractivity contribution in [1.82, 2.24) is 5.32 Å². The molecule has 0 aliphatic heterocycles. The van der Waals surface area contributed by atoms with Gasteiger partial charge in [0.1, 0.15) is 0 Å². The van der Waals surface area contributed by atoms with E-state index >= 15 is 0 Å². The lowest BCUT2D eigenvalue weighted by Crippen LogP contribution is -2.27. The highest BCUT2D eigenvalue weighted by atomic mass is 16.3. The summed E-state index contributed by atoms with van der Waals surface area (Å²) in [4.78, 5) is 11.5. The van der Waals surface area contributed by atoms with Crippen LogP contribution in [0.25, 0.3) is 0 Å². The summed E-state index contributed by atoms with van der Waals surface area (Å²) in [6, 6.07) is 0. The van der Waals surface area contributed by atoms with Crippen molar-refractivity contribution in [3.63, 3.8) is 0 Å². The van der Waals surface area contributed by atoms with Crippen molar-refractivity contribution in [3.8, 4) is 0 Å². The molecule has 88 valence electrons. The SMILES string of the molecule is CC(O)CN/C(=C/C(=O)C(C)C)C(C)C. The Labute approximate surface area is 92.6 Å². The van der Waals surface area contributed by atoms with Crippen LogP contribution in [0, 0.1) is 11.8 Å². The van der Waals surface area contributed by atoms with Crippen LogP contribution < -0.4 is 5.32 Å². The standard InChI is InChI=1S/C12H23NO2/c1-8(2)11(13-7-10(5)14)6-12(15)9(3)4/h6,8-10,13-14H,7H2,1-5H3/b11-6+. The number of aliphatic hydroxyl groups excluding tert-OH is 1. The molecule has 0 radical (unpaired) electrons. The Hall–Kier alpha value is -0.830. The fourth-order valence-electron chi connectivity index (χ4n) is 1.01. The minimum absolute atomic E-state index is 0.0205. The largest absolute Gasteiger partial charge is 0.392 e. The van der Waals surface area contributed by atoms with Gasteiger partial charge >= 0.3 is 0 Å². The zero-order valence-corrected chi connectivity index (χ0v) is 10.4. The lowest BCUT2D eigenvalue weighted by Gasteiger charge is -2.16. The summed E-state index contributed by atoms with van der Waals surface area (Å²) in [5.41, 5.74) is 0.898. The molecule has 0 saturated carbocycles. The van der Waals surface area contributed by atoms with Gasteiger partial charge in [-0.3, -0.25) is 4.79 Å². The van der Waals surface area contributed by atoms with Gasteiger partial charge in [-0.2, -0.15) is 0 Å². The smallest absolute Gasteiger partial charge is 0.159 e. The van der Waals surface area contributed by atoms with Gasteiger partial charge in [-0.15, -0.1) is 0 Å². The number of aliphatic hydroxyl groups is 1. The normalized spacial score (nSPS) is 14.5. The molecule has 1 unspecified atom stereocenters. The lowest BCUT2D eigenvalue weighted by atomic mass is 10.0. The van der Waals surface area contributed by atoms with Crippen molar-refractivity contribution in [2.75, 3.05) is 6.54 Å². The van der Waals surface area contributed by atoms with Crippen molar-refractivity contribution in [3.05, 3.63) is 11.8 Å². The Bertz CT molecular complexity index is 230. The number of rotatable bonds is 6. The Kier molecular flexibility index (Phi) is 6.25. The molecule has 0 rings (SSSR count). The molecular weight excluding hydrogens is 190 g/mol. The van der Waals surface area contributed by atoms with Gasteiger partial charge in [0.2, 0.25) is 0 Å². The number of carbonyl (C=O) groups is 1. The summed E-state index contributed by atoms with van der Waals surface area (Å²) in [6.45, 7) is 10.0. The fourth-order valence-corrected chi connectivity index (χ4v) is 1.01. The first-order valence-corrected chi connectivity index (χ1v) is 5.52. The van der Waals surface area contributed by atoms with Crippen molar-refractivity contribution >= 4 is 5.78 Å². The zero-order valence-electron chi connectivity index (χ0n) is 10.4. The molecule has 1 atom stereocenters. The molecule has 0 spiro atoms. The third kappa shape index (κ3) is 6.28. The lowest BCUT2D eigenvalue weighted by molar-refractivity contribution is -0.117. The number of hydrogen-bond acceptors (Lipinski definition) is 3. The zero-order chi connectivity index (χ0) is 12.0. The van der Waals surface area contributed by atoms with Gasteiger partial charge in [0.15, 0.2) is 5.78 Å². The third-order valence-corrected chi connectivity index (χ3v) is 2.09. The maximum atomic E-state index is 11.5. The van der Waals surface area contributed by atoms with E-state index in [4.69, 9.17) is 5.11 Å². The summed E-state index contributed by atoms with van der Waals surface area (Å²) in [5, 5.41) is 12.2. The summed E-state index contributed by atoms with van der Waals surface area (Å²) in [5.74, 6) is 0.412. The van der Waals surface area contributed by atoms with Gasteiger partial charge in [-0.05, 0) is 12.8 Å². The van der Waals surface area contributed by atoms with Gasteiger partial charge < -0.3 is 10.4 Å². The van der Waals surface area contributed by atoms with Crippen LogP contribution in [0.15, 0.2) is 11.8 Å². The van der Waals surface area contributed by atoms with Crippen molar-refractivity contribution in [1.29, 1.82) is 0 Å². The molecule has 2 N–H and O–H groups in total. The molecular formula is C12H23NO2. The number of nitrogens with one attached hydrogen (secondary N) is 1. The van der Waals surface area contributed by atoms with Crippen LogP contribution in [0.3, 0.4) is 0 Å². The Morgan fingerprint density at radius 1 is 1.20 bits per heavy atom. The monoisotopic (exact) mass is 213 g/mol. The van der Waals surface area contributed by atoms with E-state index in [9.17, 15) is 4.79 Å². The van der Waals surface area contributed by atoms with E-state index in [0.29, 0.717) is 6.54 Å². The first-order chi connectivity index (χ1) is 6.84. The molecule has 0 aromatic carbocycles. The topological polar surface area (TPSA) is 49.3 Å². The first kappa shape index (κ1) is 14.2. The van der Waals surface area contributed by atoms with E-state index in [0.717, 1.165) is 5.70 Å². The molecule has 3 nitrogen and oxygen atoms in total. The second-order valence-electron chi connectivity index (χ2n) is 4.54. The van der Waals surface area contributed by atoms with Gasteiger partial charge in [-0.25, -0.2) is 0 Å². The van der Waals surface area contributed by atoms with E-state index in [1.54, 1.807) is 13.0 Å². The Morgan fingerprint density at radius 3 is 2.07 bits per heavy atom. The highest BCUT2D eigenvalue weighted by Gasteiger charge is 2.09. The second-order valence-corrected chi connectivity index (χ2v) is 4.54. The average molecular weight is 213 g/mol. The number of ketones is 1. The highest BCUT2D eigenvalue weighted by Crippen LogP contribution is 2.08. The molecule has 0 heterocycles. The Balaban J connectivity index is 4.45. The maximum absolute atomic E-state index is 11.5. The average Bonchev–Trinajstić information content (AvgIpc) is 2.10. The summed E-state index contributed by atoms with van der Waals surface area (Å²) < 4.78 is 0. The summed E-state index contributed by atoms with van der Waals surface area (Å²) in [6.07, 6.45) is 1.25. The van der Waals surface area contributed by atoms with Crippen LogP contribution in [0.4, 0.5) is 0 Å². The predicted octanol–water partition coefficient (Wildman–Crippen LogP) is 1.72. The molecule has 3 heteroatoms. The summed E-state index contributed by atoms with van der Waals surface area (Å²) >= 11 is 0. The number of hydrogen-bond donors (Lipinski definition) is 2. The van der Waals surface area contributed by atoms with E-state index in [1.165, 1.54) is 0 Å². The minimum Gasteiger partial charge on any atom is -0.392 e. The van der Waals surface area contributed by atoms with E-state index in [1.807, 2.05) is 27.7 Å². The van der Waals surface area contributed by atoms with Crippen LogP contribution in [0.1, 0.15) is 34.6 Å². The molecule has 0 aliphatic rings. The van der Waals surface area contributed by atoms with E-state index in [-0.39, 0.29) is 17.6 Å². The molecule has 0 aromatic heterocycles.